The molecule has 1 rings (SSSR count). The molecule has 1 aromatic carbocycles. The van der Waals surface area contributed by atoms with Crippen molar-refractivity contribution in [3.63, 3.8) is 0 Å². The highest BCUT2D eigenvalue weighted by molar-refractivity contribution is 5.56. The Hall–Kier alpha value is -1.34. The highest BCUT2D eigenvalue weighted by atomic mass is 14.5. The molecule has 62 valence electrons. The minimum atomic E-state index is 0.582. The van der Waals surface area contributed by atoms with Crippen LogP contribution in [0.4, 0.5) is 0 Å². The Bertz CT molecular complexity index is 287. The van der Waals surface area contributed by atoms with Gasteiger partial charge in [0.15, 0.2) is 0 Å². The monoisotopic (exact) mass is 159 g/mol. The maximum absolute atomic E-state index is 5.34. The Kier molecular flexibility index (Phi) is 3.30. The van der Waals surface area contributed by atoms with Crippen LogP contribution in [0, 0.1) is 0 Å². The molecular formula is C11H13N. The fourth-order valence-corrected chi connectivity index (χ4v) is 0.994. The van der Waals surface area contributed by atoms with Crippen molar-refractivity contribution >= 4 is 12.2 Å². The van der Waals surface area contributed by atoms with E-state index in [0.29, 0.717) is 6.54 Å². The standard InChI is InChI=1S/C11H13N/c1-2-10-5-3-6-11(9-10)7-4-8-12/h2-7,9H,1,8,12H2. The average molecular weight is 159 g/mol. The smallest absolute Gasteiger partial charge is 0.0110 e. The van der Waals surface area contributed by atoms with Crippen molar-refractivity contribution in [2.75, 3.05) is 6.54 Å². The molecule has 0 amide bonds. The number of nitrogens with two attached hydrogens (primary N) is 1. The highest BCUT2D eigenvalue weighted by Gasteiger charge is 1.86. The molecule has 0 heterocycles. The third-order valence-corrected chi connectivity index (χ3v) is 1.59. The summed E-state index contributed by atoms with van der Waals surface area (Å²) in [5.74, 6) is 0. The van der Waals surface area contributed by atoms with Gasteiger partial charge in [-0.05, 0) is 17.2 Å². The van der Waals surface area contributed by atoms with Gasteiger partial charge in [-0.25, -0.2) is 0 Å². The van der Waals surface area contributed by atoms with E-state index in [2.05, 4.69) is 12.6 Å². The maximum Gasteiger partial charge on any atom is 0.0110 e. The van der Waals surface area contributed by atoms with Crippen molar-refractivity contribution in [3.8, 4) is 0 Å². The molecule has 1 heteroatoms. The second-order valence-electron chi connectivity index (χ2n) is 2.51. The first-order valence-electron chi connectivity index (χ1n) is 3.96. The van der Waals surface area contributed by atoms with Gasteiger partial charge in [0.1, 0.15) is 0 Å². The van der Waals surface area contributed by atoms with Crippen LogP contribution in [0.15, 0.2) is 36.9 Å². The van der Waals surface area contributed by atoms with Crippen LogP contribution >= 0.6 is 0 Å². The summed E-state index contributed by atoms with van der Waals surface area (Å²) in [6, 6.07) is 8.14. The molecule has 0 bridgehead atoms. The number of hydrogen-bond acceptors (Lipinski definition) is 1. The summed E-state index contributed by atoms with van der Waals surface area (Å²) in [6.07, 6.45) is 5.77. The fraction of sp³-hybridized carbons (Fsp3) is 0.0909. The summed E-state index contributed by atoms with van der Waals surface area (Å²) < 4.78 is 0. The third-order valence-electron chi connectivity index (χ3n) is 1.59. The molecule has 1 aromatic rings. The predicted octanol–water partition coefficient (Wildman–Crippen LogP) is 2.30. The summed E-state index contributed by atoms with van der Waals surface area (Å²) in [7, 11) is 0. The van der Waals surface area contributed by atoms with E-state index in [1.54, 1.807) is 0 Å². The molecule has 0 spiro atoms. The van der Waals surface area contributed by atoms with Crippen molar-refractivity contribution < 1.29 is 0 Å². The number of rotatable bonds is 3. The zero-order valence-corrected chi connectivity index (χ0v) is 7.03. The summed E-state index contributed by atoms with van der Waals surface area (Å²) in [6.45, 7) is 4.29. The molecule has 0 saturated heterocycles. The van der Waals surface area contributed by atoms with Gasteiger partial charge in [-0.15, -0.1) is 0 Å². The SMILES string of the molecule is C=Cc1cccc(C=CCN)c1. The molecule has 0 atom stereocenters. The van der Waals surface area contributed by atoms with Crippen molar-refractivity contribution in [2.45, 2.75) is 0 Å². The van der Waals surface area contributed by atoms with Crippen molar-refractivity contribution in [3.05, 3.63) is 48.0 Å². The zero-order chi connectivity index (χ0) is 8.81. The van der Waals surface area contributed by atoms with Gasteiger partial charge in [-0.2, -0.15) is 0 Å². The fourth-order valence-electron chi connectivity index (χ4n) is 0.994. The van der Waals surface area contributed by atoms with Crippen LogP contribution < -0.4 is 5.73 Å². The van der Waals surface area contributed by atoms with Crippen LogP contribution in [0.3, 0.4) is 0 Å². The molecule has 0 saturated carbocycles. The Balaban J connectivity index is 2.86. The van der Waals surface area contributed by atoms with Crippen molar-refractivity contribution in [2.24, 2.45) is 5.73 Å². The normalized spacial score (nSPS) is 10.4. The van der Waals surface area contributed by atoms with Gasteiger partial charge >= 0.3 is 0 Å². The molecule has 12 heavy (non-hydrogen) atoms. The van der Waals surface area contributed by atoms with E-state index in [9.17, 15) is 0 Å². The van der Waals surface area contributed by atoms with Crippen LogP contribution in [-0.4, -0.2) is 6.54 Å². The first-order valence-corrected chi connectivity index (χ1v) is 3.96. The van der Waals surface area contributed by atoms with Gasteiger partial charge in [0.2, 0.25) is 0 Å². The molecule has 0 aliphatic carbocycles. The lowest BCUT2D eigenvalue weighted by atomic mass is 10.1. The minimum absolute atomic E-state index is 0.582. The molecule has 0 radical (unpaired) electrons. The van der Waals surface area contributed by atoms with E-state index in [1.165, 1.54) is 0 Å². The lowest BCUT2D eigenvalue weighted by Crippen LogP contribution is -1.91. The molecule has 0 unspecified atom stereocenters. The van der Waals surface area contributed by atoms with E-state index >= 15 is 0 Å². The van der Waals surface area contributed by atoms with E-state index in [0.717, 1.165) is 11.1 Å². The second-order valence-corrected chi connectivity index (χ2v) is 2.51. The zero-order valence-electron chi connectivity index (χ0n) is 7.03. The van der Waals surface area contributed by atoms with Crippen LogP contribution in [-0.2, 0) is 0 Å². The molecule has 0 fully saturated rings. The Morgan fingerprint density at radius 1 is 1.33 bits per heavy atom. The first-order chi connectivity index (χ1) is 5.86. The summed E-state index contributed by atoms with van der Waals surface area (Å²) in [5, 5.41) is 0. The number of hydrogen-bond donors (Lipinski definition) is 1. The van der Waals surface area contributed by atoms with Gasteiger partial charge in [0, 0.05) is 6.54 Å². The lowest BCUT2D eigenvalue weighted by Gasteiger charge is -1.95. The average Bonchev–Trinajstić information content (AvgIpc) is 2.15. The highest BCUT2D eigenvalue weighted by Crippen LogP contribution is 2.07. The first kappa shape index (κ1) is 8.75. The van der Waals surface area contributed by atoms with Gasteiger partial charge in [-0.1, -0.05) is 43.0 Å². The molecule has 2 N–H and O–H groups in total. The van der Waals surface area contributed by atoms with Crippen molar-refractivity contribution in [1.82, 2.24) is 0 Å². The Labute approximate surface area is 73.2 Å². The largest absolute Gasteiger partial charge is 0.327 e. The van der Waals surface area contributed by atoms with Crippen LogP contribution in [0.25, 0.3) is 12.2 Å². The summed E-state index contributed by atoms with van der Waals surface area (Å²) in [4.78, 5) is 0. The van der Waals surface area contributed by atoms with E-state index in [4.69, 9.17) is 5.73 Å². The Morgan fingerprint density at radius 3 is 2.75 bits per heavy atom. The van der Waals surface area contributed by atoms with E-state index < -0.39 is 0 Å². The lowest BCUT2D eigenvalue weighted by molar-refractivity contribution is 1.26. The van der Waals surface area contributed by atoms with Gasteiger partial charge in [0.05, 0.1) is 0 Å². The minimum Gasteiger partial charge on any atom is -0.327 e. The molecular weight excluding hydrogens is 146 g/mol. The van der Waals surface area contributed by atoms with Gasteiger partial charge in [-0.3, -0.25) is 0 Å². The van der Waals surface area contributed by atoms with Crippen LogP contribution in [0.2, 0.25) is 0 Å². The van der Waals surface area contributed by atoms with Crippen molar-refractivity contribution in [1.29, 1.82) is 0 Å². The topological polar surface area (TPSA) is 26.0 Å². The third kappa shape index (κ3) is 2.36. The number of benzene rings is 1. The van der Waals surface area contributed by atoms with Gasteiger partial charge < -0.3 is 5.73 Å². The summed E-state index contributed by atoms with van der Waals surface area (Å²) in [5.41, 5.74) is 7.64. The van der Waals surface area contributed by atoms with E-state index in [-0.39, 0.29) is 0 Å². The van der Waals surface area contributed by atoms with Gasteiger partial charge in [0.25, 0.3) is 0 Å². The predicted molar refractivity (Wildman–Crippen MR) is 54.6 cm³/mol. The molecule has 0 aromatic heterocycles. The van der Waals surface area contributed by atoms with E-state index in [1.807, 2.05) is 36.4 Å². The maximum atomic E-state index is 5.34. The molecule has 0 aliphatic heterocycles. The van der Waals surface area contributed by atoms with Crippen LogP contribution in [0.5, 0.6) is 0 Å². The van der Waals surface area contributed by atoms with Crippen LogP contribution in [0.1, 0.15) is 11.1 Å². The second kappa shape index (κ2) is 4.52. The summed E-state index contributed by atoms with van der Waals surface area (Å²) >= 11 is 0. The molecule has 1 nitrogen and oxygen atoms in total. The quantitative estimate of drug-likeness (QED) is 0.719. The molecule has 0 aliphatic rings. The Morgan fingerprint density at radius 2 is 2.08 bits per heavy atom.